The maximum absolute atomic E-state index is 6.22. The fraction of sp³-hybridized carbons (Fsp3) is 0.714. The van der Waals surface area contributed by atoms with Crippen LogP contribution in [0.15, 0.2) is 6.33 Å². The maximum atomic E-state index is 6.22. The van der Waals surface area contributed by atoms with E-state index in [4.69, 9.17) is 5.73 Å². The van der Waals surface area contributed by atoms with Gasteiger partial charge in [0.25, 0.3) is 0 Å². The molecular formula is C14H26N6. The maximum Gasteiger partial charge on any atom is 0.169 e. The largest absolute Gasteiger partial charge is 0.393 e. The normalized spacial score (nSPS) is 20.0. The van der Waals surface area contributed by atoms with E-state index < -0.39 is 0 Å². The summed E-state index contributed by atoms with van der Waals surface area (Å²) in [5, 5.41) is 0. The van der Waals surface area contributed by atoms with Crippen LogP contribution < -0.4 is 21.5 Å². The van der Waals surface area contributed by atoms with Gasteiger partial charge in [-0.05, 0) is 39.5 Å². The first-order valence-corrected chi connectivity index (χ1v) is 7.25. The molecule has 0 aromatic carbocycles. The zero-order valence-electron chi connectivity index (χ0n) is 12.9. The van der Waals surface area contributed by atoms with Gasteiger partial charge in [-0.2, -0.15) is 0 Å². The molecule has 4 N–H and O–H groups in total. The zero-order chi connectivity index (χ0) is 14.8. The first-order valence-electron chi connectivity index (χ1n) is 7.25. The number of nitrogen functional groups attached to an aromatic ring is 1. The van der Waals surface area contributed by atoms with Crippen LogP contribution in [-0.4, -0.2) is 28.6 Å². The smallest absolute Gasteiger partial charge is 0.169 e. The van der Waals surface area contributed by atoms with E-state index in [9.17, 15) is 0 Å². The van der Waals surface area contributed by atoms with Gasteiger partial charge >= 0.3 is 0 Å². The van der Waals surface area contributed by atoms with Crippen LogP contribution in [0.1, 0.15) is 40.5 Å². The number of hydrazine groups is 1. The monoisotopic (exact) mass is 278 g/mol. The molecule has 2 heterocycles. The highest BCUT2D eigenvalue weighted by Crippen LogP contribution is 2.29. The lowest BCUT2D eigenvalue weighted by atomic mass is 10.0. The molecule has 1 aromatic rings. The number of hydrogen-bond acceptors (Lipinski definition) is 6. The number of hydrogen-bond donors (Lipinski definition) is 3. The average molecular weight is 278 g/mol. The first-order chi connectivity index (χ1) is 9.37. The van der Waals surface area contributed by atoms with Gasteiger partial charge in [0.1, 0.15) is 12.0 Å². The molecule has 2 rings (SSSR count). The van der Waals surface area contributed by atoms with Crippen molar-refractivity contribution in [2.24, 2.45) is 5.92 Å². The Labute approximate surface area is 121 Å². The fourth-order valence-electron chi connectivity index (χ4n) is 2.37. The molecule has 1 unspecified atom stereocenters. The molecule has 1 fully saturated rings. The molecule has 0 spiro atoms. The third-order valence-corrected chi connectivity index (χ3v) is 3.38. The molecule has 0 bridgehead atoms. The molecular weight excluding hydrogens is 252 g/mol. The van der Waals surface area contributed by atoms with Gasteiger partial charge < -0.3 is 16.1 Å². The molecule has 0 aliphatic carbocycles. The number of piperidine rings is 1. The number of nitrogens with one attached hydrogen (secondary N) is 2. The summed E-state index contributed by atoms with van der Waals surface area (Å²) in [5.74, 6) is 2.16. The van der Waals surface area contributed by atoms with Gasteiger partial charge in [0.05, 0.1) is 0 Å². The standard InChI is InChI=1S/C14H26N6/c1-10-6-5-7-20(8-10)13-11(15)12(16-9-17-13)18-19-14(2,3)4/h9-10,19H,5-8,15H2,1-4H3,(H,16,17,18). The van der Waals surface area contributed by atoms with E-state index in [2.05, 4.69) is 53.4 Å². The molecule has 1 aromatic heterocycles. The van der Waals surface area contributed by atoms with Crippen LogP contribution in [0.2, 0.25) is 0 Å². The minimum atomic E-state index is -0.0583. The van der Waals surface area contributed by atoms with Crippen molar-refractivity contribution in [1.82, 2.24) is 15.4 Å². The summed E-state index contributed by atoms with van der Waals surface area (Å²) in [6.07, 6.45) is 4.03. The minimum Gasteiger partial charge on any atom is -0.393 e. The Hall–Kier alpha value is -1.56. The first kappa shape index (κ1) is 14.8. The van der Waals surface area contributed by atoms with Crippen LogP contribution in [0.4, 0.5) is 17.3 Å². The second kappa shape index (κ2) is 5.83. The lowest BCUT2D eigenvalue weighted by Crippen LogP contribution is -2.41. The zero-order valence-corrected chi connectivity index (χ0v) is 12.9. The fourth-order valence-corrected chi connectivity index (χ4v) is 2.37. The quantitative estimate of drug-likeness (QED) is 0.734. The van der Waals surface area contributed by atoms with Gasteiger partial charge in [-0.1, -0.05) is 6.92 Å². The van der Waals surface area contributed by atoms with Crippen molar-refractivity contribution >= 4 is 17.3 Å². The number of nitrogens with two attached hydrogens (primary N) is 1. The predicted octanol–water partition coefficient (Wildman–Crippen LogP) is 2.01. The minimum absolute atomic E-state index is 0.0583. The van der Waals surface area contributed by atoms with E-state index in [0.717, 1.165) is 18.9 Å². The molecule has 6 heteroatoms. The number of anilines is 3. The van der Waals surface area contributed by atoms with Gasteiger partial charge in [-0.25, -0.2) is 15.4 Å². The second-order valence-corrected chi connectivity index (χ2v) is 6.65. The summed E-state index contributed by atoms with van der Waals surface area (Å²) < 4.78 is 0. The lowest BCUT2D eigenvalue weighted by Gasteiger charge is -2.32. The Bertz CT molecular complexity index is 453. The van der Waals surface area contributed by atoms with E-state index >= 15 is 0 Å². The van der Waals surface area contributed by atoms with Gasteiger partial charge in [0.2, 0.25) is 0 Å². The van der Waals surface area contributed by atoms with Crippen LogP contribution >= 0.6 is 0 Å². The Morgan fingerprint density at radius 1 is 1.35 bits per heavy atom. The molecule has 1 aliphatic heterocycles. The summed E-state index contributed by atoms with van der Waals surface area (Å²) in [6.45, 7) is 10.5. The highest BCUT2D eigenvalue weighted by molar-refractivity contribution is 5.74. The van der Waals surface area contributed by atoms with Gasteiger partial charge in [0.15, 0.2) is 11.6 Å². The van der Waals surface area contributed by atoms with E-state index in [1.165, 1.54) is 12.8 Å². The Morgan fingerprint density at radius 3 is 2.75 bits per heavy atom. The summed E-state index contributed by atoms with van der Waals surface area (Å²) >= 11 is 0. The summed E-state index contributed by atoms with van der Waals surface area (Å²) in [7, 11) is 0. The van der Waals surface area contributed by atoms with Crippen LogP contribution in [-0.2, 0) is 0 Å². The number of nitrogens with zero attached hydrogens (tertiary/aromatic N) is 3. The molecule has 112 valence electrons. The van der Waals surface area contributed by atoms with Crippen LogP contribution in [0, 0.1) is 5.92 Å². The van der Waals surface area contributed by atoms with E-state index in [-0.39, 0.29) is 5.54 Å². The van der Waals surface area contributed by atoms with Crippen LogP contribution in [0.5, 0.6) is 0 Å². The van der Waals surface area contributed by atoms with Crippen molar-refractivity contribution < 1.29 is 0 Å². The lowest BCUT2D eigenvalue weighted by molar-refractivity contribution is 0.444. The SMILES string of the molecule is CC1CCCN(c2ncnc(NNC(C)(C)C)c2N)C1. The molecule has 0 amide bonds. The topological polar surface area (TPSA) is 79.1 Å². The second-order valence-electron chi connectivity index (χ2n) is 6.65. The third-order valence-electron chi connectivity index (χ3n) is 3.38. The van der Waals surface area contributed by atoms with Gasteiger partial charge in [0, 0.05) is 18.6 Å². The third kappa shape index (κ3) is 3.72. The molecule has 6 nitrogen and oxygen atoms in total. The van der Waals surface area contributed by atoms with Gasteiger partial charge in [-0.3, -0.25) is 0 Å². The number of aromatic nitrogens is 2. The Kier molecular flexibility index (Phi) is 4.32. The molecule has 1 aliphatic rings. The Morgan fingerprint density at radius 2 is 2.10 bits per heavy atom. The molecule has 1 saturated heterocycles. The van der Waals surface area contributed by atoms with E-state index in [0.29, 0.717) is 17.4 Å². The highest BCUT2D eigenvalue weighted by atomic mass is 15.4. The van der Waals surface area contributed by atoms with Gasteiger partial charge in [-0.15, -0.1) is 0 Å². The average Bonchev–Trinajstić information content (AvgIpc) is 2.36. The van der Waals surface area contributed by atoms with E-state index in [1.807, 2.05) is 0 Å². The van der Waals surface area contributed by atoms with Crippen LogP contribution in [0.25, 0.3) is 0 Å². The predicted molar refractivity (Wildman–Crippen MR) is 83.6 cm³/mol. The highest BCUT2D eigenvalue weighted by Gasteiger charge is 2.21. The molecule has 0 saturated carbocycles. The van der Waals surface area contributed by atoms with Crippen molar-refractivity contribution in [3.05, 3.63) is 6.33 Å². The van der Waals surface area contributed by atoms with Crippen molar-refractivity contribution in [3.63, 3.8) is 0 Å². The number of rotatable bonds is 3. The molecule has 0 radical (unpaired) electrons. The van der Waals surface area contributed by atoms with Crippen LogP contribution in [0.3, 0.4) is 0 Å². The molecule has 20 heavy (non-hydrogen) atoms. The van der Waals surface area contributed by atoms with Crippen molar-refractivity contribution in [2.45, 2.75) is 46.1 Å². The van der Waals surface area contributed by atoms with Crippen molar-refractivity contribution in [2.75, 3.05) is 29.1 Å². The summed E-state index contributed by atoms with van der Waals surface area (Å²) in [5.41, 5.74) is 13.0. The summed E-state index contributed by atoms with van der Waals surface area (Å²) in [4.78, 5) is 10.8. The van der Waals surface area contributed by atoms with Crippen molar-refractivity contribution in [3.8, 4) is 0 Å². The van der Waals surface area contributed by atoms with Crippen molar-refractivity contribution in [1.29, 1.82) is 0 Å². The van der Waals surface area contributed by atoms with E-state index in [1.54, 1.807) is 6.33 Å². The summed E-state index contributed by atoms with van der Waals surface area (Å²) in [6, 6.07) is 0. The molecule has 1 atom stereocenters. The Balaban J connectivity index is 2.14.